The van der Waals surface area contributed by atoms with E-state index in [9.17, 15) is 4.79 Å². The van der Waals surface area contributed by atoms with E-state index in [1.54, 1.807) is 19.4 Å². The third-order valence-electron chi connectivity index (χ3n) is 3.82. The van der Waals surface area contributed by atoms with Gasteiger partial charge in [-0.1, -0.05) is 25.8 Å². The van der Waals surface area contributed by atoms with Crippen molar-refractivity contribution in [3.05, 3.63) is 53.0 Å². The Kier molecular flexibility index (Phi) is 3.87. The summed E-state index contributed by atoms with van der Waals surface area (Å²) in [4.78, 5) is 21.0. The highest BCUT2D eigenvalue weighted by molar-refractivity contribution is 5.98. The van der Waals surface area contributed by atoms with Crippen molar-refractivity contribution in [2.45, 2.75) is 26.7 Å². The fourth-order valence-corrected chi connectivity index (χ4v) is 2.72. The van der Waals surface area contributed by atoms with Crippen LogP contribution in [0.1, 0.15) is 47.6 Å². The number of aromatic nitrogens is 2. The van der Waals surface area contributed by atoms with E-state index in [0.29, 0.717) is 23.6 Å². The van der Waals surface area contributed by atoms with Gasteiger partial charge in [-0.15, -0.1) is 0 Å². The van der Waals surface area contributed by atoms with Gasteiger partial charge < -0.3 is 4.74 Å². The van der Waals surface area contributed by atoms with Crippen LogP contribution in [0.2, 0.25) is 0 Å². The zero-order valence-corrected chi connectivity index (χ0v) is 13.5. The molecule has 0 saturated heterocycles. The molecule has 0 N–H and O–H groups in total. The Labute approximate surface area is 135 Å². The molecule has 0 radical (unpaired) electrons. The standard InChI is InChI=1S/C19H18N2O2/c1-19(2)10-16-15(17(22)11-19)9-13(12-20-16)7-8-14-5-4-6-18(21-14)23-3/h4-6,9,12H,10-11H2,1-3H3. The van der Waals surface area contributed by atoms with Gasteiger partial charge in [-0.05, 0) is 29.9 Å². The van der Waals surface area contributed by atoms with E-state index in [-0.39, 0.29) is 11.2 Å². The predicted molar refractivity (Wildman–Crippen MR) is 87.4 cm³/mol. The smallest absolute Gasteiger partial charge is 0.214 e. The van der Waals surface area contributed by atoms with Crippen LogP contribution in [0.15, 0.2) is 30.5 Å². The number of nitrogens with zero attached hydrogens (tertiary/aromatic N) is 2. The van der Waals surface area contributed by atoms with Crippen LogP contribution in [0, 0.1) is 17.3 Å². The molecule has 116 valence electrons. The number of hydrogen-bond donors (Lipinski definition) is 0. The maximum atomic E-state index is 12.3. The molecule has 0 spiro atoms. The Bertz CT molecular complexity index is 829. The lowest BCUT2D eigenvalue weighted by Crippen LogP contribution is -2.27. The summed E-state index contributed by atoms with van der Waals surface area (Å²) < 4.78 is 5.08. The molecule has 0 aliphatic heterocycles. The lowest BCUT2D eigenvalue weighted by Gasteiger charge is -2.29. The average molecular weight is 306 g/mol. The van der Waals surface area contributed by atoms with Crippen molar-refractivity contribution in [1.29, 1.82) is 0 Å². The summed E-state index contributed by atoms with van der Waals surface area (Å²) in [7, 11) is 1.57. The fourth-order valence-electron chi connectivity index (χ4n) is 2.72. The van der Waals surface area contributed by atoms with Crippen LogP contribution < -0.4 is 4.74 Å². The van der Waals surface area contributed by atoms with E-state index in [2.05, 4.69) is 35.7 Å². The van der Waals surface area contributed by atoms with Gasteiger partial charge >= 0.3 is 0 Å². The summed E-state index contributed by atoms with van der Waals surface area (Å²) in [5.74, 6) is 6.67. The summed E-state index contributed by atoms with van der Waals surface area (Å²) in [6, 6.07) is 7.26. The molecule has 0 fully saturated rings. The Balaban J connectivity index is 1.90. The summed E-state index contributed by atoms with van der Waals surface area (Å²) >= 11 is 0. The summed E-state index contributed by atoms with van der Waals surface area (Å²) in [5, 5.41) is 0. The minimum absolute atomic E-state index is 0.0191. The topological polar surface area (TPSA) is 52.1 Å². The van der Waals surface area contributed by atoms with Gasteiger partial charge in [0.15, 0.2) is 5.78 Å². The van der Waals surface area contributed by atoms with Gasteiger partial charge in [-0.2, -0.15) is 0 Å². The number of carbonyl (C=O) groups excluding carboxylic acids is 1. The maximum Gasteiger partial charge on any atom is 0.214 e. The molecule has 4 heteroatoms. The number of rotatable bonds is 1. The molecule has 23 heavy (non-hydrogen) atoms. The first-order chi connectivity index (χ1) is 11.0. The molecule has 1 aliphatic carbocycles. The van der Waals surface area contributed by atoms with Crippen LogP contribution in [0.4, 0.5) is 0 Å². The number of carbonyl (C=O) groups is 1. The number of ketones is 1. The molecule has 0 saturated carbocycles. The first-order valence-electron chi connectivity index (χ1n) is 7.52. The van der Waals surface area contributed by atoms with Gasteiger partial charge in [-0.25, -0.2) is 4.98 Å². The second kappa shape index (κ2) is 5.85. The van der Waals surface area contributed by atoms with Crippen LogP contribution in [0.5, 0.6) is 5.88 Å². The number of ether oxygens (including phenoxy) is 1. The molecular formula is C19H18N2O2. The fraction of sp³-hybridized carbons (Fsp3) is 0.316. The van der Waals surface area contributed by atoms with E-state index >= 15 is 0 Å². The molecule has 4 nitrogen and oxygen atoms in total. The van der Waals surface area contributed by atoms with Crippen molar-refractivity contribution >= 4 is 5.78 Å². The highest BCUT2D eigenvalue weighted by Gasteiger charge is 2.31. The van der Waals surface area contributed by atoms with Gasteiger partial charge in [0.25, 0.3) is 0 Å². The Morgan fingerprint density at radius 2 is 2.04 bits per heavy atom. The van der Waals surface area contributed by atoms with Crippen LogP contribution in [0.25, 0.3) is 0 Å². The van der Waals surface area contributed by atoms with Crippen molar-refractivity contribution in [3.8, 4) is 17.7 Å². The summed E-state index contributed by atoms with van der Waals surface area (Å²) in [5.41, 5.74) is 2.90. The van der Waals surface area contributed by atoms with Gasteiger partial charge in [0.2, 0.25) is 5.88 Å². The molecular weight excluding hydrogens is 288 g/mol. The summed E-state index contributed by atoms with van der Waals surface area (Å²) in [6.45, 7) is 4.19. The normalized spacial score (nSPS) is 15.3. The van der Waals surface area contributed by atoms with Gasteiger partial charge in [-0.3, -0.25) is 9.78 Å². The third-order valence-corrected chi connectivity index (χ3v) is 3.82. The van der Waals surface area contributed by atoms with E-state index in [4.69, 9.17) is 4.74 Å². The Morgan fingerprint density at radius 1 is 1.22 bits per heavy atom. The van der Waals surface area contributed by atoms with Gasteiger partial charge in [0, 0.05) is 29.8 Å². The first kappa shape index (κ1) is 15.2. The zero-order valence-electron chi connectivity index (χ0n) is 13.5. The largest absolute Gasteiger partial charge is 0.481 e. The molecule has 1 aliphatic rings. The lowest BCUT2D eigenvalue weighted by molar-refractivity contribution is 0.0910. The number of fused-ring (bicyclic) bond motifs is 1. The molecule has 2 heterocycles. The predicted octanol–water partition coefficient (Wildman–Crippen LogP) is 3.04. The number of pyridine rings is 2. The number of methoxy groups -OCH3 is 1. The molecule has 2 aromatic rings. The SMILES string of the molecule is COc1cccc(C#Cc2cnc3c(c2)C(=O)CC(C)(C)C3)n1. The molecule has 3 rings (SSSR count). The number of Topliss-reactive ketones (excluding diaryl/α,β-unsaturated/α-hetero) is 1. The lowest BCUT2D eigenvalue weighted by atomic mass is 9.75. The van der Waals surface area contributed by atoms with E-state index in [1.165, 1.54) is 0 Å². The first-order valence-corrected chi connectivity index (χ1v) is 7.52. The molecule has 0 aromatic carbocycles. The highest BCUT2D eigenvalue weighted by Crippen LogP contribution is 2.33. The quantitative estimate of drug-likeness (QED) is 0.760. The highest BCUT2D eigenvalue weighted by atomic mass is 16.5. The second-order valence-electron chi connectivity index (χ2n) is 6.47. The zero-order chi connectivity index (χ0) is 16.4. The summed E-state index contributed by atoms with van der Waals surface area (Å²) in [6.07, 6.45) is 3.09. The van der Waals surface area contributed by atoms with E-state index in [0.717, 1.165) is 17.7 Å². The molecule has 0 amide bonds. The number of hydrogen-bond acceptors (Lipinski definition) is 4. The average Bonchev–Trinajstić information content (AvgIpc) is 2.52. The van der Waals surface area contributed by atoms with E-state index < -0.39 is 0 Å². The van der Waals surface area contributed by atoms with Crippen molar-refractivity contribution in [2.75, 3.05) is 7.11 Å². The van der Waals surface area contributed by atoms with Crippen LogP contribution in [-0.4, -0.2) is 22.9 Å². The monoisotopic (exact) mass is 306 g/mol. The minimum Gasteiger partial charge on any atom is -0.481 e. The van der Waals surface area contributed by atoms with Crippen molar-refractivity contribution in [1.82, 2.24) is 9.97 Å². The van der Waals surface area contributed by atoms with Crippen LogP contribution >= 0.6 is 0 Å². The maximum absolute atomic E-state index is 12.3. The van der Waals surface area contributed by atoms with Gasteiger partial charge in [0.05, 0.1) is 12.8 Å². The Morgan fingerprint density at radius 3 is 2.83 bits per heavy atom. The van der Waals surface area contributed by atoms with Gasteiger partial charge in [0.1, 0.15) is 5.69 Å². The van der Waals surface area contributed by atoms with Crippen LogP contribution in [-0.2, 0) is 6.42 Å². The van der Waals surface area contributed by atoms with Crippen molar-refractivity contribution in [2.24, 2.45) is 5.41 Å². The molecule has 0 atom stereocenters. The van der Waals surface area contributed by atoms with Crippen molar-refractivity contribution < 1.29 is 9.53 Å². The third kappa shape index (κ3) is 3.40. The van der Waals surface area contributed by atoms with E-state index in [1.807, 2.05) is 18.2 Å². The molecule has 0 bridgehead atoms. The van der Waals surface area contributed by atoms with Crippen molar-refractivity contribution in [3.63, 3.8) is 0 Å². The molecule has 0 unspecified atom stereocenters. The van der Waals surface area contributed by atoms with Crippen LogP contribution in [0.3, 0.4) is 0 Å². The molecule has 2 aromatic heterocycles. The second-order valence-corrected chi connectivity index (χ2v) is 6.47. The minimum atomic E-state index is -0.0191. The Hall–Kier alpha value is -2.67.